The van der Waals surface area contributed by atoms with Crippen molar-refractivity contribution in [2.45, 2.75) is 103 Å². The van der Waals surface area contributed by atoms with Crippen LogP contribution in [0, 0.1) is 0 Å². The van der Waals surface area contributed by atoms with Gasteiger partial charge >= 0.3 is 11.8 Å². The fourth-order valence-corrected chi connectivity index (χ4v) is 6.23. The lowest BCUT2D eigenvalue weighted by atomic mass is 10.0. The number of ether oxygens (including phenoxy) is 3. The van der Waals surface area contributed by atoms with Crippen LogP contribution in [0.3, 0.4) is 0 Å². The molecule has 1 saturated heterocycles. The van der Waals surface area contributed by atoms with E-state index in [0.717, 1.165) is 17.5 Å². The van der Waals surface area contributed by atoms with Crippen LogP contribution in [0.15, 0.2) is 76.1 Å². The van der Waals surface area contributed by atoms with Gasteiger partial charge < -0.3 is 23.1 Å². The highest BCUT2D eigenvalue weighted by Crippen LogP contribution is 2.38. The Bertz CT molecular complexity index is 1660. The van der Waals surface area contributed by atoms with Crippen LogP contribution >= 0.6 is 0 Å². The topological polar surface area (TPSA) is 102 Å². The fourth-order valence-electron chi connectivity index (χ4n) is 5.21. The first-order valence-electron chi connectivity index (χ1n) is 16.2. The number of furan rings is 1. The summed E-state index contributed by atoms with van der Waals surface area (Å²) in [4.78, 5) is 30.2. The minimum atomic E-state index is -2.14. The molecule has 46 heavy (non-hydrogen) atoms. The molecule has 0 unspecified atom stereocenters. The number of aromatic nitrogens is 2. The Kier molecular flexibility index (Phi) is 10.5. The van der Waals surface area contributed by atoms with E-state index in [0.29, 0.717) is 11.1 Å². The van der Waals surface area contributed by atoms with Crippen LogP contribution in [-0.4, -0.2) is 42.8 Å². The molecule has 246 valence electrons. The maximum Gasteiger partial charge on any atom is 0.508 e. The minimum Gasteiger partial charge on any atom is -0.437 e. The minimum absolute atomic E-state index is 0.0176. The highest BCUT2D eigenvalue weighted by Gasteiger charge is 2.43. The molecule has 9 nitrogen and oxygen atoms in total. The lowest BCUT2D eigenvalue weighted by Crippen LogP contribution is -2.44. The van der Waals surface area contributed by atoms with Gasteiger partial charge in [-0.15, -0.1) is 0 Å². The van der Waals surface area contributed by atoms with Gasteiger partial charge in [-0.2, -0.15) is 4.98 Å². The summed E-state index contributed by atoms with van der Waals surface area (Å²) in [5, 5.41) is 0.655. The second-order valence-corrected chi connectivity index (χ2v) is 18.4. The van der Waals surface area contributed by atoms with Gasteiger partial charge in [0, 0.05) is 18.2 Å². The monoisotopic (exact) mass is 646 g/mol. The molecule has 1 aliphatic heterocycles. The molecular weight excluding hydrogens is 600 g/mol. The number of aryl methyl sites for hydroxylation is 1. The largest absolute Gasteiger partial charge is 0.508 e. The molecule has 0 amide bonds. The summed E-state index contributed by atoms with van der Waals surface area (Å²) in [5.74, 6) is 0.634. The number of rotatable bonds is 12. The number of nitrogens with zero attached hydrogens (tertiary/aromatic N) is 2. The Morgan fingerprint density at radius 2 is 1.78 bits per heavy atom. The molecule has 2 aromatic heterocycles. The maximum atomic E-state index is 13.2. The van der Waals surface area contributed by atoms with Gasteiger partial charge in [0.2, 0.25) is 5.71 Å². The number of carbonyl (C=O) groups excluding carboxylic acids is 1. The summed E-state index contributed by atoms with van der Waals surface area (Å²) in [6, 6.07) is 19.6. The molecule has 3 heterocycles. The fraction of sp³-hybridized carbons (Fsp3) is 0.472. The van der Waals surface area contributed by atoms with Crippen molar-refractivity contribution in [3.8, 4) is 11.3 Å². The second-order valence-electron chi connectivity index (χ2n) is 13.6. The van der Waals surface area contributed by atoms with Gasteiger partial charge in [0.1, 0.15) is 30.8 Å². The van der Waals surface area contributed by atoms with Gasteiger partial charge in [0.05, 0.1) is 12.0 Å². The number of hydrogen-bond donors (Lipinski definition) is 0. The molecule has 0 N–H and O–H groups in total. The molecule has 0 spiro atoms. The van der Waals surface area contributed by atoms with Gasteiger partial charge in [-0.3, -0.25) is 4.57 Å². The van der Waals surface area contributed by atoms with Crippen molar-refractivity contribution in [2.24, 2.45) is 0 Å². The summed E-state index contributed by atoms with van der Waals surface area (Å²) in [6.07, 6.45) is 3.77. The molecular formula is C36H46N2O7Si. The number of hydrogen-bond acceptors (Lipinski definition) is 8. The zero-order valence-corrected chi connectivity index (χ0v) is 28.8. The van der Waals surface area contributed by atoms with E-state index in [2.05, 4.69) is 57.9 Å². The Morgan fingerprint density at radius 1 is 1.04 bits per heavy atom. The van der Waals surface area contributed by atoms with Gasteiger partial charge in [-0.25, -0.2) is 9.59 Å². The number of carbonyl (C=O) groups is 1. The van der Waals surface area contributed by atoms with E-state index >= 15 is 0 Å². The zero-order chi connectivity index (χ0) is 32.9. The molecule has 1 aliphatic rings. The van der Waals surface area contributed by atoms with Crippen LogP contribution in [0.1, 0.15) is 70.7 Å². The average Bonchev–Trinajstić information content (AvgIpc) is 3.62. The third-order valence-electron chi connectivity index (χ3n) is 9.10. The molecule has 0 bridgehead atoms. The van der Waals surface area contributed by atoms with Crippen molar-refractivity contribution in [2.75, 3.05) is 6.61 Å². The van der Waals surface area contributed by atoms with Crippen LogP contribution in [0.25, 0.3) is 22.4 Å². The Morgan fingerprint density at radius 3 is 2.48 bits per heavy atom. The SMILES string of the molecule is CCCCCc1ccc(-c2cc3cn([C@H]4C[C@H](OC(=O)OCc5ccccc5)[C@@H](CO[Si](C)(C)C(C)(C)C)O4)c(=O)nc3o2)cc1. The van der Waals surface area contributed by atoms with E-state index in [1.54, 1.807) is 6.20 Å². The van der Waals surface area contributed by atoms with Gasteiger partial charge in [-0.05, 0) is 48.2 Å². The van der Waals surface area contributed by atoms with Crippen molar-refractivity contribution < 1.29 is 27.8 Å². The van der Waals surface area contributed by atoms with Gasteiger partial charge in [0.15, 0.2) is 8.32 Å². The predicted octanol–water partition coefficient (Wildman–Crippen LogP) is 8.42. The van der Waals surface area contributed by atoms with E-state index < -0.39 is 38.6 Å². The molecule has 10 heteroatoms. The van der Waals surface area contributed by atoms with Crippen molar-refractivity contribution in [1.29, 1.82) is 0 Å². The number of unbranched alkanes of at least 4 members (excludes halogenated alkanes) is 2. The summed E-state index contributed by atoms with van der Waals surface area (Å²) < 4.78 is 31.4. The van der Waals surface area contributed by atoms with Crippen LogP contribution in [0.2, 0.25) is 18.1 Å². The van der Waals surface area contributed by atoms with E-state index in [4.69, 9.17) is 23.1 Å². The molecule has 4 aromatic rings. The van der Waals surface area contributed by atoms with Crippen molar-refractivity contribution in [3.63, 3.8) is 0 Å². The van der Waals surface area contributed by atoms with E-state index in [-0.39, 0.29) is 30.4 Å². The first kappa shape index (κ1) is 33.6. The molecule has 1 fully saturated rings. The number of benzene rings is 2. The molecule has 0 saturated carbocycles. The van der Waals surface area contributed by atoms with Crippen LogP contribution < -0.4 is 5.69 Å². The Labute approximate surface area is 272 Å². The maximum absolute atomic E-state index is 13.2. The quantitative estimate of drug-likeness (QED) is 0.0859. The average molecular weight is 647 g/mol. The molecule has 0 aliphatic carbocycles. The molecule has 5 rings (SSSR count). The standard InChI is InChI=1S/C36H46N2O7Si/c1-7-8-10-13-25-16-18-27(19-17-25)29-20-28-22-38(34(39)37-33(28)44-29)32-21-30(31(43-32)24-42-46(5,6)36(2,3)4)45-35(40)41-23-26-14-11-9-12-15-26/h9,11-12,14-20,22,30-32H,7-8,10,13,21,23-24H2,1-6H3/t30-,31+,32+/m0/s1. The van der Waals surface area contributed by atoms with Crippen LogP contribution in [0.4, 0.5) is 4.79 Å². The molecule has 0 radical (unpaired) electrons. The van der Waals surface area contributed by atoms with E-state index in [1.165, 1.54) is 29.4 Å². The number of fused-ring (bicyclic) bond motifs is 1. The summed E-state index contributed by atoms with van der Waals surface area (Å²) in [6.45, 7) is 13.3. The van der Waals surface area contributed by atoms with Gasteiger partial charge in [-0.1, -0.05) is 95.1 Å². The lowest BCUT2D eigenvalue weighted by molar-refractivity contribution is -0.0559. The Hall–Kier alpha value is -3.73. The van der Waals surface area contributed by atoms with Crippen molar-refractivity contribution >= 4 is 25.6 Å². The third-order valence-corrected chi connectivity index (χ3v) is 13.6. The normalized spacial score (nSPS) is 18.6. The molecule has 2 aromatic carbocycles. The second kappa shape index (κ2) is 14.4. The Balaban J connectivity index is 1.33. The van der Waals surface area contributed by atoms with Crippen LogP contribution in [-0.2, 0) is 31.7 Å². The zero-order valence-electron chi connectivity index (χ0n) is 27.8. The highest BCUT2D eigenvalue weighted by atomic mass is 28.4. The van der Waals surface area contributed by atoms with Gasteiger partial charge in [0.25, 0.3) is 0 Å². The lowest BCUT2D eigenvalue weighted by Gasteiger charge is -2.37. The van der Waals surface area contributed by atoms with E-state index in [9.17, 15) is 9.59 Å². The summed E-state index contributed by atoms with van der Waals surface area (Å²) in [5.41, 5.74) is 2.81. The van der Waals surface area contributed by atoms with E-state index in [1.807, 2.05) is 48.5 Å². The first-order chi connectivity index (χ1) is 21.9. The third kappa shape index (κ3) is 8.15. The highest BCUT2D eigenvalue weighted by molar-refractivity contribution is 6.74. The van der Waals surface area contributed by atoms with Crippen LogP contribution in [0.5, 0.6) is 0 Å². The summed E-state index contributed by atoms with van der Waals surface area (Å²) >= 11 is 0. The summed E-state index contributed by atoms with van der Waals surface area (Å²) in [7, 11) is -2.14. The van der Waals surface area contributed by atoms with Crippen molar-refractivity contribution in [3.05, 3.63) is 88.5 Å². The van der Waals surface area contributed by atoms with Crippen molar-refractivity contribution in [1.82, 2.24) is 9.55 Å². The predicted molar refractivity (Wildman–Crippen MR) is 180 cm³/mol. The first-order valence-corrected chi connectivity index (χ1v) is 19.1. The smallest absolute Gasteiger partial charge is 0.437 e. The molecule has 3 atom stereocenters.